The van der Waals surface area contributed by atoms with Crippen molar-refractivity contribution in [1.29, 1.82) is 0 Å². The standard InChI is InChI=1S/C17H25N3O5/c1-5-24-15(21)13(19-16(22)25-17(2,3)4)10-11-6-8-12(9-7-11)14(18)20-23/h6-9,13,23H,5,10H2,1-4H3,(H2,18,20)(H,19,22). The van der Waals surface area contributed by atoms with Gasteiger partial charge in [0.1, 0.15) is 11.6 Å². The molecule has 1 atom stereocenters. The van der Waals surface area contributed by atoms with Crippen LogP contribution in [-0.4, -0.2) is 41.4 Å². The Hall–Kier alpha value is -2.77. The maximum absolute atomic E-state index is 12.1. The number of hydrogen-bond donors (Lipinski definition) is 3. The van der Waals surface area contributed by atoms with E-state index < -0.39 is 23.7 Å². The van der Waals surface area contributed by atoms with E-state index in [1.807, 2.05) is 0 Å². The van der Waals surface area contributed by atoms with E-state index in [2.05, 4.69) is 10.5 Å². The third kappa shape index (κ3) is 7.11. The number of nitrogens with two attached hydrogens (primary N) is 1. The Morgan fingerprint density at radius 3 is 2.36 bits per heavy atom. The van der Waals surface area contributed by atoms with Crippen molar-refractivity contribution in [3.05, 3.63) is 35.4 Å². The Kier molecular flexibility index (Phi) is 7.22. The maximum atomic E-state index is 12.1. The van der Waals surface area contributed by atoms with Gasteiger partial charge >= 0.3 is 12.1 Å². The van der Waals surface area contributed by atoms with Crippen molar-refractivity contribution in [3.63, 3.8) is 0 Å². The van der Waals surface area contributed by atoms with Gasteiger partial charge in [-0.1, -0.05) is 29.4 Å². The third-order valence-electron chi connectivity index (χ3n) is 3.06. The number of carbonyl (C=O) groups is 2. The van der Waals surface area contributed by atoms with Gasteiger partial charge in [0.05, 0.1) is 6.61 Å². The quantitative estimate of drug-likeness (QED) is 0.236. The van der Waals surface area contributed by atoms with Crippen molar-refractivity contribution < 1.29 is 24.3 Å². The second-order valence-corrected chi connectivity index (χ2v) is 6.34. The molecule has 0 heterocycles. The van der Waals surface area contributed by atoms with Crippen LogP contribution in [0.15, 0.2) is 29.4 Å². The van der Waals surface area contributed by atoms with Crippen molar-refractivity contribution in [1.82, 2.24) is 5.32 Å². The van der Waals surface area contributed by atoms with Crippen molar-refractivity contribution in [2.75, 3.05) is 6.61 Å². The molecule has 4 N–H and O–H groups in total. The summed E-state index contributed by atoms with van der Waals surface area (Å²) in [5.74, 6) is -0.561. The molecule has 0 bridgehead atoms. The molecule has 0 radical (unpaired) electrons. The topological polar surface area (TPSA) is 123 Å². The van der Waals surface area contributed by atoms with Crippen LogP contribution in [0, 0.1) is 0 Å². The van der Waals surface area contributed by atoms with Crippen LogP contribution in [0.4, 0.5) is 4.79 Å². The van der Waals surface area contributed by atoms with Gasteiger partial charge in [0.15, 0.2) is 5.84 Å². The molecule has 0 aliphatic carbocycles. The van der Waals surface area contributed by atoms with Crippen LogP contribution < -0.4 is 11.1 Å². The summed E-state index contributed by atoms with van der Waals surface area (Å²) in [6, 6.07) is 5.86. The third-order valence-corrected chi connectivity index (χ3v) is 3.06. The van der Waals surface area contributed by atoms with Gasteiger partial charge < -0.3 is 25.7 Å². The summed E-state index contributed by atoms with van der Waals surface area (Å²) in [7, 11) is 0. The molecule has 0 fully saturated rings. The number of ether oxygens (including phenoxy) is 2. The van der Waals surface area contributed by atoms with E-state index in [0.29, 0.717) is 5.56 Å². The van der Waals surface area contributed by atoms with E-state index in [1.165, 1.54) is 0 Å². The summed E-state index contributed by atoms with van der Waals surface area (Å²) in [6.45, 7) is 7.09. The number of rotatable bonds is 6. The summed E-state index contributed by atoms with van der Waals surface area (Å²) in [6.07, 6.45) is -0.479. The van der Waals surface area contributed by atoms with Crippen molar-refractivity contribution in [2.45, 2.75) is 45.8 Å². The fraction of sp³-hybridized carbons (Fsp3) is 0.471. The first-order chi connectivity index (χ1) is 11.7. The first-order valence-electron chi connectivity index (χ1n) is 7.89. The molecule has 8 nitrogen and oxygen atoms in total. The highest BCUT2D eigenvalue weighted by molar-refractivity contribution is 5.97. The average Bonchev–Trinajstić information content (AvgIpc) is 2.52. The zero-order chi connectivity index (χ0) is 19.0. The van der Waals surface area contributed by atoms with Crippen LogP contribution in [0.2, 0.25) is 0 Å². The zero-order valence-electron chi connectivity index (χ0n) is 14.9. The van der Waals surface area contributed by atoms with Crippen LogP contribution >= 0.6 is 0 Å². The van der Waals surface area contributed by atoms with Gasteiger partial charge in [0.2, 0.25) is 0 Å². The summed E-state index contributed by atoms with van der Waals surface area (Å²) in [5, 5.41) is 14.1. The summed E-state index contributed by atoms with van der Waals surface area (Å²) >= 11 is 0. The van der Waals surface area contributed by atoms with E-state index >= 15 is 0 Å². The molecule has 0 aliphatic heterocycles. The molecule has 0 saturated carbocycles. The van der Waals surface area contributed by atoms with E-state index in [1.54, 1.807) is 52.0 Å². The fourth-order valence-electron chi connectivity index (χ4n) is 1.99. The van der Waals surface area contributed by atoms with Gasteiger partial charge in [-0.25, -0.2) is 9.59 Å². The highest BCUT2D eigenvalue weighted by Gasteiger charge is 2.25. The number of amidine groups is 1. The lowest BCUT2D eigenvalue weighted by Gasteiger charge is -2.23. The van der Waals surface area contributed by atoms with Gasteiger partial charge in [-0.15, -0.1) is 0 Å². The van der Waals surface area contributed by atoms with Crippen LogP contribution in [0.5, 0.6) is 0 Å². The first-order valence-corrected chi connectivity index (χ1v) is 7.89. The second kappa shape index (κ2) is 8.91. The monoisotopic (exact) mass is 351 g/mol. The Morgan fingerprint density at radius 2 is 1.88 bits per heavy atom. The van der Waals surface area contributed by atoms with Crippen molar-refractivity contribution >= 4 is 17.9 Å². The normalized spacial score (nSPS) is 13.0. The lowest BCUT2D eigenvalue weighted by molar-refractivity contribution is -0.145. The Morgan fingerprint density at radius 1 is 1.28 bits per heavy atom. The summed E-state index contributed by atoms with van der Waals surface area (Å²) in [5.41, 5.74) is 6.14. The number of esters is 1. The number of nitrogens with zero attached hydrogens (tertiary/aromatic N) is 1. The molecule has 1 rings (SSSR count). The molecule has 1 amide bonds. The molecule has 25 heavy (non-hydrogen) atoms. The minimum Gasteiger partial charge on any atom is -0.464 e. The molecule has 0 saturated heterocycles. The molecule has 1 aromatic rings. The van der Waals surface area contributed by atoms with Crippen LogP contribution in [-0.2, 0) is 20.7 Å². The number of alkyl carbamates (subject to hydrolysis) is 1. The summed E-state index contributed by atoms with van der Waals surface area (Å²) < 4.78 is 10.2. The van der Waals surface area contributed by atoms with E-state index in [9.17, 15) is 9.59 Å². The van der Waals surface area contributed by atoms with Crippen LogP contribution in [0.1, 0.15) is 38.8 Å². The molecule has 138 valence electrons. The van der Waals surface area contributed by atoms with Gasteiger partial charge in [-0.05, 0) is 33.3 Å². The van der Waals surface area contributed by atoms with Gasteiger partial charge in [0.25, 0.3) is 0 Å². The molecule has 0 aliphatic rings. The number of amides is 1. The number of nitrogens with one attached hydrogen (secondary N) is 1. The minimum absolute atomic E-state index is 0.0135. The van der Waals surface area contributed by atoms with Gasteiger partial charge in [0, 0.05) is 12.0 Å². The Bertz CT molecular complexity index is 620. The predicted molar refractivity (Wildman–Crippen MR) is 92.4 cm³/mol. The SMILES string of the molecule is CCOC(=O)C(Cc1ccc(/C(N)=N/O)cc1)NC(=O)OC(C)(C)C. The first kappa shape index (κ1) is 20.3. The van der Waals surface area contributed by atoms with Crippen LogP contribution in [0.3, 0.4) is 0 Å². The molecular formula is C17H25N3O5. The second-order valence-electron chi connectivity index (χ2n) is 6.34. The number of carbonyl (C=O) groups excluding carboxylic acids is 2. The number of benzene rings is 1. The van der Waals surface area contributed by atoms with E-state index in [-0.39, 0.29) is 18.9 Å². The molecule has 1 aromatic carbocycles. The highest BCUT2D eigenvalue weighted by atomic mass is 16.6. The van der Waals surface area contributed by atoms with E-state index in [0.717, 1.165) is 5.56 Å². The molecule has 8 heteroatoms. The lowest BCUT2D eigenvalue weighted by atomic mass is 10.0. The average molecular weight is 351 g/mol. The molecule has 1 unspecified atom stereocenters. The summed E-state index contributed by atoms with van der Waals surface area (Å²) in [4.78, 5) is 24.1. The number of oxime groups is 1. The lowest BCUT2D eigenvalue weighted by Crippen LogP contribution is -2.45. The van der Waals surface area contributed by atoms with Gasteiger partial charge in [-0.2, -0.15) is 0 Å². The Balaban J connectivity index is 2.86. The maximum Gasteiger partial charge on any atom is 0.408 e. The smallest absolute Gasteiger partial charge is 0.408 e. The Labute approximate surface area is 147 Å². The van der Waals surface area contributed by atoms with Gasteiger partial charge in [-0.3, -0.25) is 0 Å². The van der Waals surface area contributed by atoms with Crippen molar-refractivity contribution in [2.24, 2.45) is 10.9 Å². The fourth-order valence-corrected chi connectivity index (χ4v) is 1.99. The zero-order valence-corrected chi connectivity index (χ0v) is 14.9. The predicted octanol–water partition coefficient (Wildman–Crippen LogP) is 1.78. The largest absolute Gasteiger partial charge is 0.464 e. The molecule has 0 aromatic heterocycles. The minimum atomic E-state index is -0.885. The highest BCUT2D eigenvalue weighted by Crippen LogP contribution is 2.10. The van der Waals surface area contributed by atoms with Crippen LogP contribution in [0.25, 0.3) is 0 Å². The molecular weight excluding hydrogens is 326 g/mol. The van der Waals surface area contributed by atoms with Crippen molar-refractivity contribution in [3.8, 4) is 0 Å². The van der Waals surface area contributed by atoms with E-state index in [4.69, 9.17) is 20.4 Å². The molecule has 0 spiro atoms. The number of hydrogen-bond acceptors (Lipinski definition) is 6.